The Bertz CT molecular complexity index is 1180. The van der Waals surface area contributed by atoms with Gasteiger partial charge in [0.05, 0.1) is 5.69 Å². The first-order valence-electron chi connectivity index (χ1n) is 9.92. The minimum atomic E-state index is 0.290. The van der Waals surface area contributed by atoms with Gasteiger partial charge in [-0.2, -0.15) is 0 Å². The SMILES string of the molecule is Oc1ccc(Cn2c3c(c4ccccc42)CCN(Cc2ccccc2)C3=S)cc1. The number of fused-ring (bicyclic) bond motifs is 3. The highest BCUT2D eigenvalue weighted by Gasteiger charge is 2.28. The van der Waals surface area contributed by atoms with E-state index < -0.39 is 0 Å². The Hall–Kier alpha value is -3.11. The molecular weight excluding hydrogens is 376 g/mol. The molecule has 0 saturated heterocycles. The van der Waals surface area contributed by atoms with Gasteiger partial charge in [0.25, 0.3) is 0 Å². The van der Waals surface area contributed by atoms with Crippen LogP contribution in [0.4, 0.5) is 0 Å². The molecule has 3 aromatic carbocycles. The van der Waals surface area contributed by atoms with Crippen molar-refractivity contribution >= 4 is 28.1 Å². The molecule has 1 aliphatic rings. The van der Waals surface area contributed by atoms with Crippen molar-refractivity contribution in [2.45, 2.75) is 19.5 Å². The highest BCUT2D eigenvalue weighted by atomic mass is 32.1. The third-order valence-corrected chi connectivity index (χ3v) is 6.14. The van der Waals surface area contributed by atoms with Crippen LogP contribution in [0.2, 0.25) is 0 Å². The highest BCUT2D eigenvalue weighted by molar-refractivity contribution is 7.80. The summed E-state index contributed by atoms with van der Waals surface area (Å²) in [4.78, 5) is 3.24. The lowest BCUT2D eigenvalue weighted by molar-refractivity contribution is 0.412. The van der Waals surface area contributed by atoms with Crippen LogP contribution in [0.1, 0.15) is 22.4 Å². The van der Waals surface area contributed by atoms with E-state index in [0.29, 0.717) is 0 Å². The van der Waals surface area contributed by atoms with E-state index in [0.717, 1.165) is 42.3 Å². The molecule has 0 unspecified atom stereocenters. The van der Waals surface area contributed by atoms with Crippen LogP contribution in [0.5, 0.6) is 5.75 Å². The van der Waals surface area contributed by atoms with Crippen LogP contribution in [-0.4, -0.2) is 26.1 Å². The summed E-state index contributed by atoms with van der Waals surface area (Å²) in [6, 6.07) is 26.5. The van der Waals surface area contributed by atoms with Gasteiger partial charge in [0.2, 0.25) is 0 Å². The first-order chi connectivity index (χ1) is 14.2. The number of hydrogen-bond acceptors (Lipinski definition) is 2. The van der Waals surface area contributed by atoms with Crippen molar-refractivity contribution in [2.24, 2.45) is 0 Å². The van der Waals surface area contributed by atoms with Gasteiger partial charge in [-0.15, -0.1) is 0 Å². The van der Waals surface area contributed by atoms with Crippen LogP contribution in [0.25, 0.3) is 10.9 Å². The number of aromatic hydroxyl groups is 1. The number of rotatable bonds is 4. The summed E-state index contributed by atoms with van der Waals surface area (Å²) in [5, 5.41) is 10.9. The zero-order valence-electron chi connectivity index (χ0n) is 16.1. The predicted molar refractivity (Wildman–Crippen MR) is 121 cm³/mol. The van der Waals surface area contributed by atoms with E-state index in [1.807, 2.05) is 18.2 Å². The molecule has 4 heteroatoms. The molecule has 5 rings (SSSR count). The standard InChI is InChI=1S/C25H22N2OS/c28-20-12-10-19(11-13-20)17-27-23-9-5-4-8-21(23)22-14-15-26(25(29)24(22)27)16-18-6-2-1-3-7-18/h1-13,28H,14-17H2. The Morgan fingerprint density at radius 2 is 1.48 bits per heavy atom. The molecule has 0 aliphatic carbocycles. The fraction of sp³-hybridized carbons (Fsp3) is 0.160. The molecule has 4 aromatic rings. The number of hydrogen-bond donors (Lipinski definition) is 1. The summed E-state index contributed by atoms with van der Waals surface area (Å²) in [6.07, 6.45) is 0.991. The average Bonchev–Trinajstić information content (AvgIpc) is 3.07. The van der Waals surface area contributed by atoms with Gasteiger partial charge in [-0.25, -0.2) is 0 Å². The molecule has 0 amide bonds. The second-order valence-electron chi connectivity index (χ2n) is 7.56. The topological polar surface area (TPSA) is 28.4 Å². The summed E-state index contributed by atoms with van der Waals surface area (Å²) in [5.74, 6) is 0.290. The third-order valence-electron chi connectivity index (χ3n) is 5.69. The molecule has 0 atom stereocenters. The lowest BCUT2D eigenvalue weighted by atomic mass is 10.0. The van der Waals surface area contributed by atoms with E-state index in [9.17, 15) is 5.11 Å². The fourth-order valence-corrected chi connectivity index (χ4v) is 4.66. The smallest absolute Gasteiger partial charge is 0.126 e. The van der Waals surface area contributed by atoms with E-state index in [1.54, 1.807) is 12.1 Å². The van der Waals surface area contributed by atoms with Gasteiger partial charge in [0.1, 0.15) is 10.7 Å². The second kappa shape index (κ2) is 7.37. The van der Waals surface area contributed by atoms with E-state index in [1.165, 1.54) is 22.0 Å². The summed E-state index contributed by atoms with van der Waals surface area (Å²) in [7, 11) is 0. The van der Waals surface area contributed by atoms with Crippen LogP contribution in [0, 0.1) is 0 Å². The monoisotopic (exact) mass is 398 g/mol. The van der Waals surface area contributed by atoms with Crippen LogP contribution in [0.3, 0.4) is 0 Å². The van der Waals surface area contributed by atoms with E-state index >= 15 is 0 Å². The van der Waals surface area contributed by atoms with Gasteiger partial charge >= 0.3 is 0 Å². The first-order valence-corrected chi connectivity index (χ1v) is 10.3. The molecule has 1 N–H and O–H groups in total. The van der Waals surface area contributed by atoms with Crippen molar-refractivity contribution in [3.63, 3.8) is 0 Å². The normalized spacial score (nSPS) is 13.7. The molecule has 0 saturated carbocycles. The number of nitrogens with zero attached hydrogens (tertiary/aromatic N) is 2. The Balaban J connectivity index is 1.57. The molecule has 0 bridgehead atoms. The second-order valence-corrected chi connectivity index (χ2v) is 7.95. The summed E-state index contributed by atoms with van der Waals surface area (Å²) in [6.45, 7) is 2.50. The quantitative estimate of drug-likeness (QED) is 0.483. The van der Waals surface area contributed by atoms with Gasteiger partial charge in [-0.05, 0) is 41.3 Å². The van der Waals surface area contributed by atoms with E-state index in [4.69, 9.17) is 12.2 Å². The van der Waals surface area contributed by atoms with Gasteiger partial charge in [-0.1, -0.05) is 72.9 Å². The number of thiocarbonyl (C=S) groups is 1. The first kappa shape index (κ1) is 18.0. The number of aromatic nitrogens is 1. The molecule has 0 fully saturated rings. The highest BCUT2D eigenvalue weighted by Crippen LogP contribution is 2.32. The number of benzene rings is 3. The summed E-state index contributed by atoms with van der Waals surface area (Å²) < 4.78 is 2.34. The maximum absolute atomic E-state index is 9.63. The molecule has 1 aliphatic heterocycles. The van der Waals surface area contributed by atoms with Crippen LogP contribution in [0.15, 0.2) is 78.9 Å². The predicted octanol–water partition coefficient (Wildman–Crippen LogP) is 5.13. The van der Waals surface area contributed by atoms with Crippen molar-refractivity contribution in [3.05, 3.63) is 101 Å². The van der Waals surface area contributed by atoms with Crippen molar-refractivity contribution < 1.29 is 5.11 Å². The molecular formula is C25H22N2OS. The zero-order chi connectivity index (χ0) is 19.8. The Labute approximate surface area is 175 Å². The molecule has 144 valence electrons. The van der Waals surface area contributed by atoms with Crippen molar-refractivity contribution in [1.29, 1.82) is 0 Å². The molecule has 29 heavy (non-hydrogen) atoms. The van der Waals surface area contributed by atoms with Crippen LogP contribution < -0.4 is 0 Å². The van der Waals surface area contributed by atoms with Gasteiger partial charge in [-0.3, -0.25) is 0 Å². The van der Waals surface area contributed by atoms with Crippen LogP contribution >= 0.6 is 12.2 Å². The van der Waals surface area contributed by atoms with Crippen molar-refractivity contribution in [2.75, 3.05) is 6.54 Å². The molecule has 1 aromatic heterocycles. The maximum atomic E-state index is 9.63. The molecule has 2 heterocycles. The van der Waals surface area contributed by atoms with Gasteiger partial charge in [0.15, 0.2) is 0 Å². The third kappa shape index (κ3) is 3.30. The summed E-state index contributed by atoms with van der Waals surface area (Å²) in [5.41, 5.74) is 6.16. The van der Waals surface area contributed by atoms with E-state index in [-0.39, 0.29) is 5.75 Å². The number of para-hydroxylation sites is 1. The van der Waals surface area contributed by atoms with Gasteiger partial charge in [0, 0.05) is 30.5 Å². The average molecular weight is 399 g/mol. The maximum Gasteiger partial charge on any atom is 0.126 e. The Morgan fingerprint density at radius 3 is 2.28 bits per heavy atom. The zero-order valence-corrected chi connectivity index (χ0v) is 16.9. The lowest BCUT2D eigenvalue weighted by Gasteiger charge is -2.31. The number of phenols is 1. The number of phenolic OH excluding ortho intramolecular Hbond substituents is 1. The minimum Gasteiger partial charge on any atom is -0.508 e. The summed E-state index contributed by atoms with van der Waals surface area (Å²) >= 11 is 6.01. The van der Waals surface area contributed by atoms with E-state index in [2.05, 4.69) is 58.0 Å². The fourth-order valence-electron chi connectivity index (χ4n) is 4.27. The lowest BCUT2D eigenvalue weighted by Crippen LogP contribution is -2.37. The van der Waals surface area contributed by atoms with Gasteiger partial charge < -0.3 is 14.6 Å². The Morgan fingerprint density at radius 1 is 0.793 bits per heavy atom. The minimum absolute atomic E-state index is 0.290. The van der Waals surface area contributed by atoms with Crippen LogP contribution in [-0.2, 0) is 19.5 Å². The molecule has 0 radical (unpaired) electrons. The van der Waals surface area contributed by atoms with Crippen molar-refractivity contribution in [3.8, 4) is 5.75 Å². The van der Waals surface area contributed by atoms with Crippen molar-refractivity contribution in [1.82, 2.24) is 9.47 Å². The Kier molecular flexibility index (Phi) is 4.57. The molecule has 3 nitrogen and oxygen atoms in total. The molecule has 0 spiro atoms. The largest absolute Gasteiger partial charge is 0.508 e.